The van der Waals surface area contributed by atoms with Crippen LogP contribution in [-0.4, -0.2) is 38.8 Å². The second-order valence-electron chi connectivity index (χ2n) is 6.21. The average Bonchev–Trinajstić information content (AvgIpc) is 2.96. The van der Waals surface area contributed by atoms with Gasteiger partial charge in [0.05, 0.1) is 18.9 Å². The fraction of sp³-hybridized carbons (Fsp3) is 0.588. The third-order valence-electron chi connectivity index (χ3n) is 3.32. The van der Waals surface area contributed by atoms with Crippen LogP contribution in [0.4, 0.5) is 0 Å². The summed E-state index contributed by atoms with van der Waals surface area (Å²) in [7, 11) is 1.73. The van der Waals surface area contributed by atoms with Gasteiger partial charge in [0.1, 0.15) is 5.76 Å². The van der Waals surface area contributed by atoms with Crippen LogP contribution in [0.3, 0.4) is 0 Å². The van der Waals surface area contributed by atoms with Gasteiger partial charge in [-0.2, -0.15) is 0 Å². The van der Waals surface area contributed by atoms with E-state index in [1.54, 1.807) is 19.4 Å². The van der Waals surface area contributed by atoms with Crippen molar-refractivity contribution < 1.29 is 9.15 Å². The first kappa shape index (κ1) is 18.3. The smallest absolute Gasteiger partial charge is 0.191 e. The molecule has 124 valence electrons. The van der Waals surface area contributed by atoms with Crippen molar-refractivity contribution in [1.82, 2.24) is 10.6 Å². The number of furan rings is 1. The quantitative estimate of drug-likeness (QED) is 0.440. The molecule has 0 fully saturated rings. The Morgan fingerprint density at radius 1 is 1.45 bits per heavy atom. The molecular weight excluding hydrogens is 278 g/mol. The summed E-state index contributed by atoms with van der Waals surface area (Å²) in [4.78, 5) is 4.61. The Bertz CT molecular complexity index is 447. The van der Waals surface area contributed by atoms with Crippen molar-refractivity contribution in [3.05, 3.63) is 36.8 Å². The van der Waals surface area contributed by atoms with Crippen LogP contribution in [0.15, 0.2) is 40.5 Å². The molecule has 1 unspecified atom stereocenters. The van der Waals surface area contributed by atoms with Crippen LogP contribution in [0.2, 0.25) is 0 Å². The van der Waals surface area contributed by atoms with Crippen molar-refractivity contribution in [1.29, 1.82) is 0 Å². The highest BCUT2D eigenvalue weighted by molar-refractivity contribution is 5.79. The molecule has 1 aromatic rings. The van der Waals surface area contributed by atoms with E-state index in [4.69, 9.17) is 9.15 Å². The molecular formula is C17H29N3O2. The van der Waals surface area contributed by atoms with Gasteiger partial charge in [-0.05, 0) is 17.5 Å². The van der Waals surface area contributed by atoms with Crippen LogP contribution in [0.5, 0.6) is 0 Å². The lowest BCUT2D eigenvalue weighted by molar-refractivity contribution is 0.0241. The Morgan fingerprint density at radius 2 is 2.23 bits per heavy atom. The lowest BCUT2D eigenvalue weighted by atomic mass is 9.89. The number of guanidine groups is 1. The number of hydrogen-bond donors (Lipinski definition) is 2. The van der Waals surface area contributed by atoms with E-state index in [1.165, 1.54) is 0 Å². The molecule has 5 nitrogen and oxygen atoms in total. The molecule has 2 N–H and O–H groups in total. The van der Waals surface area contributed by atoms with Crippen LogP contribution >= 0.6 is 0 Å². The van der Waals surface area contributed by atoms with Gasteiger partial charge in [0.15, 0.2) is 5.96 Å². The zero-order valence-corrected chi connectivity index (χ0v) is 14.2. The molecule has 0 aliphatic rings. The molecule has 0 amide bonds. The Labute approximate surface area is 133 Å². The summed E-state index contributed by atoms with van der Waals surface area (Å²) in [5.74, 6) is 1.72. The van der Waals surface area contributed by atoms with Crippen molar-refractivity contribution in [3.63, 3.8) is 0 Å². The molecule has 0 saturated carbocycles. The van der Waals surface area contributed by atoms with Gasteiger partial charge in [-0.3, -0.25) is 4.99 Å². The molecule has 0 spiro atoms. The van der Waals surface area contributed by atoms with Crippen LogP contribution in [0, 0.1) is 5.41 Å². The Hall–Kier alpha value is -1.75. The van der Waals surface area contributed by atoms with Gasteiger partial charge in [0, 0.05) is 26.6 Å². The lowest BCUT2D eigenvalue weighted by Gasteiger charge is -2.28. The zero-order valence-electron chi connectivity index (χ0n) is 14.2. The number of hydrogen-bond acceptors (Lipinski definition) is 3. The van der Waals surface area contributed by atoms with Gasteiger partial charge in [-0.15, -0.1) is 6.58 Å². The molecule has 0 bridgehead atoms. The fourth-order valence-electron chi connectivity index (χ4n) is 1.98. The van der Waals surface area contributed by atoms with Crippen molar-refractivity contribution in [2.45, 2.75) is 33.3 Å². The third-order valence-corrected chi connectivity index (χ3v) is 3.32. The van der Waals surface area contributed by atoms with Crippen LogP contribution < -0.4 is 10.6 Å². The fourth-order valence-corrected chi connectivity index (χ4v) is 1.98. The molecule has 0 aliphatic heterocycles. The largest absolute Gasteiger partial charge is 0.469 e. The van der Waals surface area contributed by atoms with Gasteiger partial charge in [0.25, 0.3) is 0 Å². The maximum absolute atomic E-state index is 5.54. The van der Waals surface area contributed by atoms with Crippen molar-refractivity contribution in [2.75, 3.05) is 26.7 Å². The predicted octanol–water partition coefficient (Wildman–Crippen LogP) is 2.60. The summed E-state index contributed by atoms with van der Waals surface area (Å²) in [6.45, 7) is 12.2. The number of aliphatic imine (C=N–C) groups is 1. The monoisotopic (exact) mass is 307 g/mol. The summed E-state index contributed by atoms with van der Waals surface area (Å²) in [6.07, 6.45) is 4.38. The first-order valence-corrected chi connectivity index (χ1v) is 7.65. The van der Waals surface area contributed by atoms with Gasteiger partial charge >= 0.3 is 0 Å². The first-order chi connectivity index (χ1) is 10.5. The molecule has 0 radical (unpaired) electrons. The Morgan fingerprint density at radius 3 is 2.77 bits per heavy atom. The number of nitrogens with one attached hydrogen (secondary N) is 2. The third kappa shape index (κ3) is 6.80. The number of nitrogens with zero attached hydrogens (tertiary/aromatic N) is 1. The van der Waals surface area contributed by atoms with E-state index in [0.29, 0.717) is 13.1 Å². The van der Waals surface area contributed by atoms with Crippen molar-refractivity contribution >= 4 is 5.96 Å². The van der Waals surface area contributed by atoms with E-state index < -0.39 is 0 Å². The number of ether oxygens (including phenoxy) is 1. The summed E-state index contributed by atoms with van der Waals surface area (Å²) in [6, 6.07) is 3.86. The zero-order chi connectivity index (χ0) is 16.4. The highest BCUT2D eigenvalue weighted by atomic mass is 16.5. The Balaban J connectivity index is 2.53. The second-order valence-corrected chi connectivity index (χ2v) is 6.21. The molecule has 1 atom stereocenters. The van der Waals surface area contributed by atoms with Crippen LogP contribution in [-0.2, 0) is 11.2 Å². The predicted molar refractivity (Wildman–Crippen MR) is 91.2 cm³/mol. The molecule has 1 aromatic heterocycles. The van der Waals surface area contributed by atoms with E-state index in [-0.39, 0.29) is 11.5 Å². The first-order valence-electron chi connectivity index (χ1n) is 7.65. The highest BCUT2D eigenvalue weighted by Crippen LogP contribution is 2.21. The molecule has 5 heteroatoms. The van der Waals surface area contributed by atoms with Gasteiger partial charge < -0.3 is 19.8 Å². The maximum Gasteiger partial charge on any atom is 0.191 e. The minimum absolute atomic E-state index is 0.0516. The van der Waals surface area contributed by atoms with E-state index >= 15 is 0 Å². The SMILES string of the molecule is C=CCNC(=NCC(OC)C(C)(C)C)NCCc1ccco1. The van der Waals surface area contributed by atoms with Crippen LogP contribution in [0.25, 0.3) is 0 Å². The standard InChI is InChI=1S/C17H29N3O2/c1-6-10-18-16(19-11-9-14-8-7-12-22-14)20-13-15(21-5)17(2,3)4/h6-8,12,15H,1,9-11,13H2,2-5H3,(H2,18,19,20). The normalized spacial score (nSPS) is 13.7. The molecule has 1 rings (SSSR count). The van der Waals surface area contributed by atoms with Crippen molar-refractivity contribution in [3.8, 4) is 0 Å². The van der Waals surface area contributed by atoms with Gasteiger partial charge in [0.2, 0.25) is 0 Å². The second kappa shape index (κ2) is 9.30. The van der Waals surface area contributed by atoms with Crippen molar-refractivity contribution in [2.24, 2.45) is 10.4 Å². The highest BCUT2D eigenvalue weighted by Gasteiger charge is 2.24. The molecule has 0 aromatic carbocycles. The van der Waals surface area contributed by atoms with E-state index in [0.717, 1.165) is 24.7 Å². The number of methoxy groups -OCH3 is 1. The molecule has 0 aliphatic carbocycles. The summed E-state index contributed by atoms with van der Waals surface area (Å²) in [5.41, 5.74) is 0.0516. The van der Waals surface area contributed by atoms with E-state index in [9.17, 15) is 0 Å². The molecule has 0 saturated heterocycles. The molecule has 22 heavy (non-hydrogen) atoms. The minimum atomic E-state index is 0.0516. The van der Waals surface area contributed by atoms with E-state index in [1.807, 2.05) is 12.1 Å². The maximum atomic E-state index is 5.54. The Kier molecular flexibility index (Phi) is 7.74. The van der Waals surface area contributed by atoms with Gasteiger partial charge in [-0.25, -0.2) is 0 Å². The lowest BCUT2D eigenvalue weighted by Crippen LogP contribution is -2.40. The average molecular weight is 307 g/mol. The van der Waals surface area contributed by atoms with Gasteiger partial charge in [-0.1, -0.05) is 26.8 Å². The topological polar surface area (TPSA) is 58.8 Å². The summed E-state index contributed by atoms with van der Waals surface area (Å²) >= 11 is 0. The minimum Gasteiger partial charge on any atom is -0.469 e. The summed E-state index contributed by atoms with van der Waals surface area (Å²) in [5, 5.41) is 6.51. The number of rotatable bonds is 8. The summed E-state index contributed by atoms with van der Waals surface area (Å²) < 4.78 is 10.9. The van der Waals surface area contributed by atoms with Crippen LogP contribution in [0.1, 0.15) is 26.5 Å². The molecule has 1 heterocycles. The van der Waals surface area contributed by atoms with E-state index in [2.05, 4.69) is 43.0 Å².